The summed E-state index contributed by atoms with van der Waals surface area (Å²) < 4.78 is 48.0. The highest BCUT2D eigenvalue weighted by Gasteiger charge is 2.27. The van der Waals surface area contributed by atoms with E-state index in [1.807, 2.05) is 0 Å². The number of sulfonamides is 1. The third-order valence-electron chi connectivity index (χ3n) is 2.83. The van der Waals surface area contributed by atoms with Crippen molar-refractivity contribution in [1.29, 1.82) is 0 Å². The summed E-state index contributed by atoms with van der Waals surface area (Å²) >= 11 is 0. The summed E-state index contributed by atoms with van der Waals surface area (Å²) in [5, 5.41) is 3.79. The van der Waals surface area contributed by atoms with Gasteiger partial charge >= 0.3 is 0 Å². The van der Waals surface area contributed by atoms with Crippen molar-refractivity contribution < 1.29 is 21.6 Å². The van der Waals surface area contributed by atoms with Crippen LogP contribution in [0.25, 0.3) is 0 Å². The lowest BCUT2D eigenvalue weighted by Gasteiger charge is -2.26. The lowest BCUT2D eigenvalue weighted by atomic mass is 10.4. The number of hydrazine groups is 1. The van der Waals surface area contributed by atoms with E-state index in [0.717, 1.165) is 6.26 Å². The van der Waals surface area contributed by atoms with Crippen molar-refractivity contribution in [3.63, 3.8) is 0 Å². The van der Waals surface area contributed by atoms with Gasteiger partial charge in [-0.25, -0.2) is 21.8 Å². The average molecular weight is 333 g/mol. The first-order valence-electron chi connectivity index (χ1n) is 6.03. The Hall–Kier alpha value is -1.49. The molecule has 1 aliphatic rings. The standard InChI is InChI=1S/C11H15N3O5S2/c1-20(16,17)9-4-2-3-5-10(9)21(18,19)13-14-7-6-12-11(15)8-14/h2-5,13H,6-8H2,1H3,(H,12,15). The minimum atomic E-state index is -4.08. The van der Waals surface area contributed by atoms with E-state index in [9.17, 15) is 21.6 Å². The van der Waals surface area contributed by atoms with Gasteiger partial charge in [0.15, 0.2) is 9.84 Å². The van der Waals surface area contributed by atoms with E-state index in [0.29, 0.717) is 13.1 Å². The fourth-order valence-electron chi connectivity index (χ4n) is 1.91. The second-order valence-electron chi connectivity index (χ2n) is 4.59. The predicted octanol–water partition coefficient (Wildman–Crippen LogP) is -1.28. The third-order valence-corrected chi connectivity index (χ3v) is 5.54. The predicted molar refractivity (Wildman–Crippen MR) is 74.5 cm³/mol. The second kappa shape index (κ2) is 5.72. The molecule has 0 aliphatic carbocycles. The molecule has 0 bridgehead atoms. The van der Waals surface area contributed by atoms with Crippen molar-refractivity contribution in [2.24, 2.45) is 0 Å². The first-order chi connectivity index (χ1) is 9.70. The molecule has 1 fully saturated rings. The van der Waals surface area contributed by atoms with E-state index in [1.54, 1.807) is 0 Å². The molecule has 0 atom stereocenters. The molecule has 0 spiro atoms. The molecule has 10 heteroatoms. The van der Waals surface area contributed by atoms with E-state index in [4.69, 9.17) is 0 Å². The Kier molecular flexibility index (Phi) is 4.33. The van der Waals surface area contributed by atoms with Crippen LogP contribution >= 0.6 is 0 Å². The Bertz CT molecular complexity index is 758. The van der Waals surface area contributed by atoms with E-state index in [-0.39, 0.29) is 22.2 Å². The van der Waals surface area contributed by atoms with Crippen molar-refractivity contribution in [2.75, 3.05) is 25.9 Å². The first-order valence-corrected chi connectivity index (χ1v) is 9.41. The molecule has 0 unspecified atom stereocenters. The van der Waals surface area contributed by atoms with Crippen LogP contribution in [0.1, 0.15) is 0 Å². The SMILES string of the molecule is CS(=O)(=O)c1ccccc1S(=O)(=O)NN1CCNC(=O)C1. The Morgan fingerprint density at radius 2 is 1.76 bits per heavy atom. The van der Waals surface area contributed by atoms with E-state index in [1.165, 1.54) is 29.3 Å². The van der Waals surface area contributed by atoms with Gasteiger partial charge in [0.2, 0.25) is 5.91 Å². The molecule has 21 heavy (non-hydrogen) atoms. The van der Waals surface area contributed by atoms with Gasteiger partial charge in [-0.15, -0.1) is 4.83 Å². The van der Waals surface area contributed by atoms with Gasteiger partial charge < -0.3 is 5.32 Å². The molecule has 1 saturated heterocycles. The van der Waals surface area contributed by atoms with Crippen molar-refractivity contribution in [3.05, 3.63) is 24.3 Å². The summed E-state index contributed by atoms with van der Waals surface area (Å²) in [5.41, 5.74) is 0. The summed E-state index contributed by atoms with van der Waals surface area (Å²) in [6, 6.07) is 5.32. The summed E-state index contributed by atoms with van der Waals surface area (Å²) in [6.45, 7) is 0.487. The van der Waals surface area contributed by atoms with Gasteiger partial charge in [0.25, 0.3) is 10.0 Å². The number of rotatable bonds is 4. The maximum absolute atomic E-state index is 12.3. The molecule has 116 valence electrons. The molecule has 1 aromatic carbocycles. The number of sulfone groups is 1. The van der Waals surface area contributed by atoms with Gasteiger partial charge in [-0.1, -0.05) is 12.1 Å². The normalized spacial score (nSPS) is 17.5. The summed E-state index contributed by atoms with van der Waals surface area (Å²) in [5.74, 6) is -0.305. The number of hydrogen-bond acceptors (Lipinski definition) is 6. The quantitative estimate of drug-likeness (QED) is 0.709. The average Bonchev–Trinajstić information content (AvgIpc) is 2.37. The molecule has 1 aromatic rings. The summed E-state index contributed by atoms with van der Waals surface area (Å²) in [6.07, 6.45) is 0.940. The first kappa shape index (κ1) is 15.9. The molecular weight excluding hydrogens is 318 g/mol. The lowest BCUT2D eigenvalue weighted by Crippen LogP contribution is -2.54. The van der Waals surface area contributed by atoms with Crippen LogP contribution in [0.2, 0.25) is 0 Å². The Balaban J connectivity index is 2.34. The number of benzene rings is 1. The van der Waals surface area contributed by atoms with Crippen LogP contribution in [0.4, 0.5) is 0 Å². The van der Waals surface area contributed by atoms with Crippen LogP contribution in [0.3, 0.4) is 0 Å². The van der Waals surface area contributed by atoms with Crippen LogP contribution in [-0.4, -0.2) is 53.6 Å². The minimum absolute atomic E-state index is 0.125. The molecule has 0 radical (unpaired) electrons. The van der Waals surface area contributed by atoms with Crippen LogP contribution < -0.4 is 10.1 Å². The second-order valence-corrected chi connectivity index (χ2v) is 8.20. The highest BCUT2D eigenvalue weighted by atomic mass is 32.2. The fourth-order valence-corrected chi connectivity index (χ4v) is 4.64. The highest BCUT2D eigenvalue weighted by molar-refractivity contribution is 7.93. The summed E-state index contributed by atoms with van der Waals surface area (Å²) in [7, 11) is -7.77. The largest absolute Gasteiger partial charge is 0.354 e. The lowest BCUT2D eigenvalue weighted by molar-refractivity contribution is -0.124. The van der Waals surface area contributed by atoms with Crippen LogP contribution in [0.15, 0.2) is 34.1 Å². The minimum Gasteiger partial charge on any atom is -0.354 e. The Morgan fingerprint density at radius 1 is 1.14 bits per heavy atom. The summed E-state index contributed by atoms with van der Waals surface area (Å²) in [4.78, 5) is 12.9. The highest BCUT2D eigenvalue weighted by Crippen LogP contribution is 2.20. The Morgan fingerprint density at radius 3 is 2.33 bits per heavy atom. The molecule has 1 aliphatic heterocycles. The van der Waals surface area contributed by atoms with Crippen LogP contribution in [0.5, 0.6) is 0 Å². The maximum atomic E-state index is 12.3. The molecule has 1 amide bonds. The molecule has 2 rings (SSSR count). The maximum Gasteiger partial charge on any atom is 0.254 e. The number of nitrogens with zero attached hydrogens (tertiary/aromatic N) is 1. The van der Waals surface area contributed by atoms with Gasteiger partial charge in [-0.2, -0.15) is 0 Å². The monoisotopic (exact) mass is 333 g/mol. The van der Waals surface area contributed by atoms with Crippen molar-refractivity contribution in [1.82, 2.24) is 15.2 Å². The Labute approximate surface area is 123 Å². The number of piperazine rings is 1. The molecule has 8 nitrogen and oxygen atoms in total. The van der Waals surface area contributed by atoms with Crippen molar-refractivity contribution in [2.45, 2.75) is 9.79 Å². The van der Waals surface area contributed by atoms with E-state index < -0.39 is 19.9 Å². The smallest absolute Gasteiger partial charge is 0.254 e. The molecule has 2 N–H and O–H groups in total. The van der Waals surface area contributed by atoms with E-state index in [2.05, 4.69) is 10.1 Å². The topological polar surface area (TPSA) is 113 Å². The van der Waals surface area contributed by atoms with Crippen LogP contribution in [0, 0.1) is 0 Å². The molecular formula is C11H15N3O5S2. The zero-order chi connectivity index (χ0) is 15.7. The van der Waals surface area contributed by atoms with E-state index >= 15 is 0 Å². The van der Waals surface area contributed by atoms with Gasteiger partial charge in [0.05, 0.1) is 11.4 Å². The number of carbonyl (C=O) groups is 1. The zero-order valence-electron chi connectivity index (χ0n) is 11.2. The number of amides is 1. The molecule has 0 saturated carbocycles. The third kappa shape index (κ3) is 3.79. The van der Waals surface area contributed by atoms with Gasteiger partial charge in [0, 0.05) is 19.3 Å². The fraction of sp³-hybridized carbons (Fsp3) is 0.364. The van der Waals surface area contributed by atoms with Gasteiger partial charge in [-0.05, 0) is 12.1 Å². The van der Waals surface area contributed by atoms with Crippen LogP contribution in [-0.2, 0) is 24.7 Å². The molecule has 1 heterocycles. The number of carbonyl (C=O) groups excluding carboxylic acids is 1. The number of hydrogen-bond donors (Lipinski definition) is 2. The van der Waals surface area contributed by atoms with Crippen molar-refractivity contribution in [3.8, 4) is 0 Å². The zero-order valence-corrected chi connectivity index (χ0v) is 12.9. The van der Waals surface area contributed by atoms with Gasteiger partial charge in [0.1, 0.15) is 4.90 Å². The number of nitrogens with one attached hydrogen (secondary N) is 2. The van der Waals surface area contributed by atoms with Crippen molar-refractivity contribution >= 4 is 25.8 Å². The molecule has 0 aromatic heterocycles. The van der Waals surface area contributed by atoms with Gasteiger partial charge in [-0.3, -0.25) is 4.79 Å².